The minimum atomic E-state index is -0.955. The summed E-state index contributed by atoms with van der Waals surface area (Å²) in [4.78, 5) is 12.4. The molecule has 3 aromatic rings. The summed E-state index contributed by atoms with van der Waals surface area (Å²) >= 11 is 0. The molecule has 1 N–H and O–H groups in total. The smallest absolute Gasteiger partial charge is 0.293 e. The molecule has 0 radical (unpaired) electrons. The van der Waals surface area contributed by atoms with E-state index in [4.69, 9.17) is 9.57 Å². The van der Waals surface area contributed by atoms with E-state index in [0.717, 1.165) is 59.1 Å². The third-order valence-electron chi connectivity index (χ3n) is 6.12. The Bertz CT molecular complexity index is 1230. The molecule has 0 bridgehead atoms. The van der Waals surface area contributed by atoms with Crippen LogP contribution in [0.1, 0.15) is 29.7 Å². The fourth-order valence-electron chi connectivity index (χ4n) is 4.49. The summed E-state index contributed by atoms with van der Waals surface area (Å²) in [6.07, 6.45) is 7.69. The quantitative estimate of drug-likeness (QED) is 0.636. The molecular weight excluding hydrogens is 421 g/mol. The number of aromatic nitrogens is 2. The van der Waals surface area contributed by atoms with Gasteiger partial charge in [-0.2, -0.15) is 0 Å². The number of hydrogen-bond donors (Lipinski definition) is 1. The minimum Gasteiger partial charge on any atom is -0.495 e. The third kappa shape index (κ3) is 3.66. The molecule has 1 atom stereocenters. The summed E-state index contributed by atoms with van der Waals surface area (Å²) < 4.78 is 21.1. The fourth-order valence-corrected chi connectivity index (χ4v) is 4.49. The van der Waals surface area contributed by atoms with Crippen LogP contribution in [-0.2, 0) is 10.7 Å². The standard InChI is InChI=1S/C25H26FN5O2/c1-17-15-30(16-28-17)22-11-6-18(14-23(22)32-3)13-19-5-4-12-31-24(19)29-33-25(31,27-2)20-7-9-21(26)10-8-20/h6-11,13-16,27H,4-5,12H2,1-3H3/b19-13+/t25-/m0/s1. The highest BCUT2D eigenvalue weighted by Gasteiger charge is 2.48. The van der Waals surface area contributed by atoms with Crippen molar-refractivity contribution >= 4 is 11.9 Å². The number of methoxy groups -OCH3 is 1. The molecule has 0 spiro atoms. The van der Waals surface area contributed by atoms with E-state index >= 15 is 0 Å². The molecule has 1 saturated heterocycles. The van der Waals surface area contributed by atoms with Crippen molar-refractivity contribution in [3.63, 3.8) is 0 Å². The summed E-state index contributed by atoms with van der Waals surface area (Å²) in [5.74, 6) is 0.304. The van der Waals surface area contributed by atoms with Gasteiger partial charge in [-0.15, -0.1) is 0 Å². The summed E-state index contributed by atoms with van der Waals surface area (Å²) in [7, 11) is 3.49. The second kappa shape index (κ2) is 8.37. The Kier molecular flexibility index (Phi) is 5.38. The predicted octanol–water partition coefficient (Wildman–Crippen LogP) is 4.18. The monoisotopic (exact) mass is 447 g/mol. The van der Waals surface area contributed by atoms with Crippen molar-refractivity contribution in [3.8, 4) is 11.4 Å². The molecule has 8 heteroatoms. The normalized spacial score (nSPS) is 21.0. The number of rotatable bonds is 5. The molecule has 170 valence electrons. The van der Waals surface area contributed by atoms with Crippen LogP contribution in [0.5, 0.6) is 5.75 Å². The lowest BCUT2D eigenvalue weighted by molar-refractivity contribution is -0.128. The number of fused-ring (bicyclic) bond motifs is 1. The van der Waals surface area contributed by atoms with Gasteiger partial charge in [0, 0.05) is 18.3 Å². The molecule has 0 unspecified atom stereocenters. The Labute approximate surface area is 192 Å². The van der Waals surface area contributed by atoms with Crippen LogP contribution >= 0.6 is 0 Å². The lowest BCUT2D eigenvalue weighted by Gasteiger charge is -2.39. The fraction of sp³-hybridized carbons (Fsp3) is 0.280. The number of piperidine rings is 1. The molecule has 2 aromatic carbocycles. The van der Waals surface area contributed by atoms with Crippen molar-refractivity contribution in [2.24, 2.45) is 5.16 Å². The van der Waals surface area contributed by atoms with E-state index in [-0.39, 0.29) is 5.82 Å². The van der Waals surface area contributed by atoms with E-state index in [1.54, 1.807) is 25.6 Å². The topological polar surface area (TPSA) is 63.9 Å². The van der Waals surface area contributed by atoms with Crippen LogP contribution < -0.4 is 10.1 Å². The predicted molar refractivity (Wildman–Crippen MR) is 124 cm³/mol. The Hall–Kier alpha value is -3.65. The summed E-state index contributed by atoms with van der Waals surface area (Å²) in [6.45, 7) is 2.73. The van der Waals surface area contributed by atoms with Crippen LogP contribution in [0.15, 0.2) is 65.7 Å². The maximum atomic E-state index is 13.5. The SMILES string of the molecule is CN[C@]1(c2ccc(F)cc2)ON=C2/C(=C/c3ccc(-n4cnc(C)c4)c(OC)c3)CCCN21. The number of oxime groups is 1. The van der Waals surface area contributed by atoms with Gasteiger partial charge in [-0.1, -0.05) is 11.2 Å². The molecule has 1 fully saturated rings. The number of hydrogen-bond acceptors (Lipinski definition) is 6. The maximum Gasteiger partial charge on any atom is 0.293 e. The van der Waals surface area contributed by atoms with E-state index < -0.39 is 5.85 Å². The number of halogens is 1. The first-order chi connectivity index (χ1) is 16.0. The Morgan fingerprint density at radius 1 is 1.21 bits per heavy atom. The van der Waals surface area contributed by atoms with Gasteiger partial charge in [-0.3, -0.25) is 10.2 Å². The average Bonchev–Trinajstić information content (AvgIpc) is 3.44. The lowest BCUT2D eigenvalue weighted by Crippen LogP contribution is -2.56. The number of amidine groups is 1. The van der Waals surface area contributed by atoms with E-state index in [1.807, 2.05) is 36.9 Å². The molecule has 2 aliphatic heterocycles. The maximum absolute atomic E-state index is 13.5. The van der Waals surface area contributed by atoms with Crippen LogP contribution in [0, 0.1) is 12.7 Å². The molecule has 33 heavy (non-hydrogen) atoms. The van der Waals surface area contributed by atoms with Crippen LogP contribution in [0.2, 0.25) is 0 Å². The van der Waals surface area contributed by atoms with Gasteiger partial charge in [0.05, 0.1) is 24.8 Å². The van der Waals surface area contributed by atoms with Crippen molar-refractivity contribution in [3.05, 3.63) is 83.2 Å². The minimum absolute atomic E-state index is 0.286. The molecule has 2 aliphatic rings. The summed E-state index contributed by atoms with van der Waals surface area (Å²) in [5.41, 5.74) is 4.76. The number of imidazole rings is 1. The van der Waals surface area contributed by atoms with Gasteiger partial charge in [0.2, 0.25) is 0 Å². The number of aryl methyl sites for hydroxylation is 1. The van der Waals surface area contributed by atoms with E-state index in [1.165, 1.54) is 12.1 Å². The molecule has 0 saturated carbocycles. The third-order valence-corrected chi connectivity index (χ3v) is 6.12. The summed E-state index contributed by atoms with van der Waals surface area (Å²) in [6, 6.07) is 12.4. The zero-order chi connectivity index (χ0) is 23.0. The van der Waals surface area contributed by atoms with E-state index in [2.05, 4.69) is 32.5 Å². The largest absolute Gasteiger partial charge is 0.495 e. The van der Waals surface area contributed by atoms with E-state index in [0.29, 0.717) is 0 Å². The lowest BCUT2D eigenvalue weighted by atomic mass is 9.97. The molecule has 3 heterocycles. The van der Waals surface area contributed by atoms with Crippen LogP contribution in [0.4, 0.5) is 4.39 Å². The molecular formula is C25H26FN5O2. The molecule has 1 aromatic heterocycles. The second-order valence-corrected chi connectivity index (χ2v) is 8.19. The van der Waals surface area contributed by atoms with Crippen molar-refractivity contribution in [1.29, 1.82) is 0 Å². The Morgan fingerprint density at radius 3 is 2.73 bits per heavy atom. The first kappa shape index (κ1) is 21.2. The van der Waals surface area contributed by atoms with Gasteiger partial charge >= 0.3 is 0 Å². The molecule has 5 rings (SSSR count). The highest BCUT2D eigenvalue weighted by atomic mass is 19.1. The van der Waals surface area contributed by atoms with Gasteiger partial charge in [0.15, 0.2) is 5.84 Å². The van der Waals surface area contributed by atoms with Gasteiger partial charge in [-0.25, -0.2) is 9.37 Å². The Morgan fingerprint density at radius 2 is 2.03 bits per heavy atom. The van der Waals surface area contributed by atoms with Gasteiger partial charge in [-0.05, 0) is 80.4 Å². The van der Waals surface area contributed by atoms with Crippen molar-refractivity contribution in [1.82, 2.24) is 19.8 Å². The highest BCUT2D eigenvalue weighted by molar-refractivity contribution is 6.03. The zero-order valence-electron chi connectivity index (χ0n) is 18.9. The van der Waals surface area contributed by atoms with Gasteiger partial charge in [0.25, 0.3) is 5.85 Å². The van der Waals surface area contributed by atoms with E-state index in [9.17, 15) is 4.39 Å². The molecule has 0 aliphatic carbocycles. The van der Waals surface area contributed by atoms with Crippen LogP contribution in [0.3, 0.4) is 0 Å². The molecule has 7 nitrogen and oxygen atoms in total. The first-order valence-electron chi connectivity index (χ1n) is 10.9. The van der Waals surface area contributed by atoms with Gasteiger partial charge < -0.3 is 14.1 Å². The second-order valence-electron chi connectivity index (χ2n) is 8.19. The van der Waals surface area contributed by atoms with Crippen LogP contribution in [-0.4, -0.2) is 41.0 Å². The van der Waals surface area contributed by atoms with Crippen molar-refractivity contribution < 1.29 is 14.0 Å². The average molecular weight is 448 g/mol. The van der Waals surface area contributed by atoms with Crippen molar-refractivity contribution in [2.45, 2.75) is 25.6 Å². The highest BCUT2D eigenvalue weighted by Crippen LogP contribution is 2.38. The number of nitrogens with one attached hydrogen (secondary N) is 1. The Balaban J connectivity index is 1.47. The van der Waals surface area contributed by atoms with Crippen LogP contribution in [0.25, 0.3) is 11.8 Å². The zero-order valence-corrected chi connectivity index (χ0v) is 18.9. The van der Waals surface area contributed by atoms with Gasteiger partial charge in [0.1, 0.15) is 11.6 Å². The molecule has 0 amide bonds. The first-order valence-corrected chi connectivity index (χ1v) is 10.9. The number of nitrogens with zero attached hydrogens (tertiary/aromatic N) is 4. The summed E-state index contributed by atoms with van der Waals surface area (Å²) in [5, 5.41) is 7.70. The van der Waals surface area contributed by atoms with Crippen molar-refractivity contribution in [2.75, 3.05) is 20.7 Å². The number of benzene rings is 2. The number of ether oxygens (including phenoxy) is 1.